The van der Waals surface area contributed by atoms with Gasteiger partial charge in [-0.15, -0.1) is 37.2 Å². The summed E-state index contributed by atoms with van der Waals surface area (Å²) in [6.07, 6.45) is 39.0. The summed E-state index contributed by atoms with van der Waals surface area (Å²) in [5.41, 5.74) is 5.69. The minimum atomic E-state index is -0.172. The molecule has 6 heteroatoms. The van der Waals surface area contributed by atoms with Crippen LogP contribution in [0.15, 0.2) is 0 Å². The first-order valence-electron chi connectivity index (χ1n) is 17.7. The summed E-state index contributed by atoms with van der Waals surface area (Å²) < 4.78 is 0. The standard InChI is InChI=1S/C19H40N2O.C16H34.3ClH/c1-3-5-6-7-8-9-10-11-12-13-14-15-16-17-19(22)21-18(20)4-2;1-3-5-7-9-11-13-15-16-14-12-10-8-6-4-2;;;/h18H,3-17,20H2,1-2H3,(H,21,22);3-16H2,1-2H3;3*1H. The summed E-state index contributed by atoms with van der Waals surface area (Å²) in [6.45, 7) is 8.83. The molecule has 0 fully saturated rings. The molecule has 0 aromatic heterocycles. The Morgan fingerprint density at radius 3 is 0.878 bits per heavy atom. The average Bonchev–Trinajstić information content (AvgIpc) is 2.92. The van der Waals surface area contributed by atoms with Crippen molar-refractivity contribution in [1.82, 2.24) is 5.32 Å². The van der Waals surface area contributed by atoms with E-state index in [1.165, 1.54) is 167 Å². The highest BCUT2D eigenvalue weighted by molar-refractivity contribution is 5.86. The lowest BCUT2D eigenvalue weighted by atomic mass is 10.0. The average molecular weight is 648 g/mol. The molecule has 254 valence electrons. The van der Waals surface area contributed by atoms with Gasteiger partial charge in [0.1, 0.15) is 0 Å². The molecule has 0 aliphatic carbocycles. The van der Waals surface area contributed by atoms with Gasteiger partial charge in [0, 0.05) is 6.42 Å². The highest BCUT2D eigenvalue weighted by Crippen LogP contribution is 2.14. The van der Waals surface area contributed by atoms with Crippen LogP contribution in [0, 0.1) is 0 Å². The van der Waals surface area contributed by atoms with Gasteiger partial charge in [0.15, 0.2) is 0 Å². The number of rotatable bonds is 29. The molecule has 0 aromatic carbocycles. The monoisotopic (exact) mass is 647 g/mol. The third-order valence-electron chi connectivity index (χ3n) is 7.75. The fourth-order valence-corrected chi connectivity index (χ4v) is 4.95. The van der Waals surface area contributed by atoms with Crippen molar-refractivity contribution in [2.24, 2.45) is 5.73 Å². The topological polar surface area (TPSA) is 55.1 Å². The molecule has 0 saturated carbocycles. The van der Waals surface area contributed by atoms with Crippen LogP contribution in [0.4, 0.5) is 0 Å². The Morgan fingerprint density at radius 2 is 0.659 bits per heavy atom. The molecule has 1 atom stereocenters. The van der Waals surface area contributed by atoms with Crippen LogP contribution in [-0.2, 0) is 4.79 Å². The van der Waals surface area contributed by atoms with Crippen LogP contribution in [-0.4, -0.2) is 12.1 Å². The van der Waals surface area contributed by atoms with Crippen molar-refractivity contribution in [2.45, 2.75) is 220 Å². The molecule has 41 heavy (non-hydrogen) atoms. The fourth-order valence-electron chi connectivity index (χ4n) is 4.95. The maximum atomic E-state index is 11.5. The van der Waals surface area contributed by atoms with E-state index in [-0.39, 0.29) is 49.3 Å². The molecule has 0 bridgehead atoms. The Bertz CT molecular complexity index is 428. The van der Waals surface area contributed by atoms with E-state index >= 15 is 0 Å². The number of carbonyl (C=O) groups excluding carboxylic acids is 1. The Labute approximate surface area is 278 Å². The first-order valence-corrected chi connectivity index (χ1v) is 17.7. The summed E-state index contributed by atoms with van der Waals surface area (Å²) in [5.74, 6) is 0.109. The van der Waals surface area contributed by atoms with E-state index in [1.807, 2.05) is 6.92 Å². The number of nitrogens with two attached hydrogens (primary N) is 1. The molecule has 1 unspecified atom stereocenters. The van der Waals surface area contributed by atoms with Crippen LogP contribution < -0.4 is 11.1 Å². The van der Waals surface area contributed by atoms with E-state index in [2.05, 4.69) is 26.1 Å². The fraction of sp³-hybridized carbons (Fsp3) is 0.971. The zero-order chi connectivity index (χ0) is 28.4. The Morgan fingerprint density at radius 1 is 0.439 bits per heavy atom. The molecule has 0 radical (unpaired) electrons. The highest BCUT2D eigenvalue weighted by Gasteiger charge is 2.04. The van der Waals surface area contributed by atoms with Crippen molar-refractivity contribution in [3.63, 3.8) is 0 Å². The number of amides is 1. The molecular weight excluding hydrogens is 571 g/mol. The lowest BCUT2D eigenvalue weighted by Gasteiger charge is -2.10. The largest absolute Gasteiger partial charge is 0.341 e. The normalized spacial score (nSPS) is 10.9. The van der Waals surface area contributed by atoms with Crippen molar-refractivity contribution >= 4 is 43.1 Å². The molecule has 0 rings (SSSR count). The maximum absolute atomic E-state index is 11.5. The molecule has 1 amide bonds. The Hall–Kier alpha value is 0.300. The van der Waals surface area contributed by atoms with Crippen LogP contribution in [0.2, 0.25) is 0 Å². The molecule has 0 aliphatic heterocycles. The van der Waals surface area contributed by atoms with Gasteiger partial charge in [-0.1, -0.05) is 195 Å². The molecule has 0 aliphatic rings. The smallest absolute Gasteiger partial charge is 0.221 e. The first-order chi connectivity index (χ1) is 18.6. The van der Waals surface area contributed by atoms with Gasteiger partial charge in [0.25, 0.3) is 0 Å². The second-order valence-electron chi connectivity index (χ2n) is 11.8. The van der Waals surface area contributed by atoms with E-state index < -0.39 is 0 Å². The minimum absolute atomic E-state index is 0. The van der Waals surface area contributed by atoms with Gasteiger partial charge in [-0.2, -0.15) is 0 Å². The summed E-state index contributed by atoms with van der Waals surface area (Å²) in [4.78, 5) is 11.5. The number of carbonyl (C=O) groups is 1. The van der Waals surface area contributed by atoms with Gasteiger partial charge in [-0.25, -0.2) is 0 Å². The van der Waals surface area contributed by atoms with Gasteiger partial charge in [-0.05, 0) is 12.8 Å². The molecular formula is C35H77Cl3N2O. The number of hydrogen-bond acceptors (Lipinski definition) is 2. The van der Waals surface area contributed by atoms with Crippen LogP contribution in [0.3, 0.4) is 0 Å². The number of hydrogen-bond donors (Lipinski definition) is 2. The number of nitrogens with one attached hydrogen (secondary N) is 1. The molecule has 0 saturated heterocycles. The molecule has 0 spiro atoms. The predicted octanol–water partition coefficient (Wildman–Crippen LogP) is 13.0. The third kappa shape index (κ3) is 50.2. The van der Waals surface area contributed by atoms with Crippen molar-refractivity contribution in [2.75, 3.05) is 0 Å². The van der Waals surface area contributed by atoms with E-state index in [9.17, 15) is 4.79 Å². The SMILES string of the molecule is CCCCCCCCCCCCCCCC.CCCCCCCCCCCCCCCC(=O)NC(N)CC.Cl.Cl.Cl. The van der Waals surface area contributed by atoms with Crippen LogP contribution in [0.1, 0.15) is 214 Å². The third-order valence-corrected chi connectivity index (χ3v) is 7.75. The summed E-state index contributed by atoms with van der Waals surface area (Å²) in [5, 5.41) is 2.81. The Kier molecular flexibility index (Phi) is 58.6. The van der Waals surface area contributed by atoms with Crippen molar-refractivity contribution in [3.8, 4) is 0 Å². The van der Waals surface area contributed by atoms with Gasteiger partial charge in [0.05, 0.1) is 6.17 Å². The summed E-state index contributed by atoms with van der Waals surface area (Å²) >= 11 is 0. The van der Waals surface area contributed by atoms with Crippen molar-refractivity contribution < 1.29 is 4.79 Å². The summed E-state index contributed by atoms with van der Waals surface area (Å²) in [6, 6.07) is 0. The van der Waals surface area contributed by atoms with E-state index in [0.29, 0.717) is 6.42 Å². The second kappa shape index (κ2) is 47.2. The predicted molar refractivity (Wildman–Crippen MR) is 194 cm³/mol. The summed E-state index contributed by atoms with van der Waals surface area (Å²) in [7, 11) is 0. The van der Waals surface area contributed by atoms with E-state index in [0.717, 1.165) is 12.8 Å². The zero-order valence-corrected chi connectivity index (χ0v) is 30.7. The van der Waals surface area contributed by atoms with Crippen molar-refractivity contribution in [1.29, 1.82) is 0 Å². The van der Waals surface area contributed by atoms with Gasteiger partial charge < -0.3 is 11.1 Å². The lowest BCUT2D eigenvalue weighted by molar-refractivity contribution is -0.121. The second-order valence-corrected chi connectivity index (χ2v) is 11.8. The molecule has 0 aromatic rings. The van der Waals surface area contributed by atoms with Crippen LogP contribution in [0.25, 0.3) is 0 Å². The van der Waals surface area contributed by atoms with Gasteiger partial charge in [0.2, 0.25) is 5.91 Å². The van der Waals surface area contributed by atoms with Gasteiger partial charge in [-0.3, -0.25) is 4.79 Å². The Balaban J connectivity index is -0.000000205. The number of unbranched alkanes of at least 4 members (excludes halogenated alkanes) is 25. The van der Waals surface area contributed by atoms with Crippen LogP contribution in [0.5, 0.6) is 0 Å². The number of halogens is 3. The van der Waals surface area contributed by atoms with Crippen LogP contribution >= 0.6 is 37.2 Å². The molecule has 3 nitrogen and oxygen atoms in total. The maximum Gasteiger partial charge on any atom is 0.221 e. The first kappa shape index (κ1) is 50.9. The lowest BCUT2D eigenvalue weighted by Crippen LogP contribution is -2.40. The van der Waals surface area contributed by atoms with Gasteiger partial charge >= 0.3 is 0 Å². The highest BCUT2D eigenvalue weighted by atomic mass is 35.5. The molecule has 0 heterocycles. The zero-order valence-electron chi connectivity index (χ0n) is 28.3. The minimum Gasteiger partial charge on any atom is -0.341 e. The van der Waals surface area contributed by atoms with E-state index in [4.69, 9.17) is 5.73 Å². The van der Waals surface area contributed by atoms with Crippen molar-refractivity contribution in [3.05, 3.63) is 0 Å². The van der Waals surface area contributed by atoms with E-state index in [1.54, 1.807) is 0 Å². The quantitative estimate of drug-likeness (QED) is 0.0627. The molecule has 3 N–H and O–H groups in total.